The Labute approximate surface area is 159 Å². The first kappa shape index (κ1) is 17.7. The van der Waals surface area contributed by atoms with E-state index in [1.54, 1.807) is 12.1 Å². The van der Waals surface area contributed by atoms with Gasteiger partial charge in [0.05, 0.1) is 23.6 Å². The van der Waals surface area contributed by atoms with Gasteiger partial charge in [0.1, 0.15) is 0 Å². The topological polar surface area (TPSA) is 57.6 Å². The van der Waals surface area contributed by atoms with Crippen LogP contribution in [0.5, 0.6) is 0 Å². The molecule has 2 aliphatic rings. The lowest BCUT2D eigenvalue weighted by atomic mass is 9.61. The van der Waals surface area contributed by atoms with Crippen molar-refractivity contribution in [3.05, 3.63) is 77.9 Å². The zero-order chi connectivity index (χ0) is 19.3. The van der Waals surface area contributed by atoms with Crippen molar-refractivity contribution in [1.29, 1.82) is 0 Å². The van der Waals surface area contributed by atoms with Gasteiger partial charge in [-0.3, -0.25) is 9.59 Å². The molecule has 1 heterocycles. The number of aliphatic hydroxyl groups excluding tert-OH is 1. The van der Waals surface area contributed by atoms with Crippen molar-refractivity contribution in [3.63, 3.8) is 0 Å². The van der Waals surface area contributed by atoms with Crippen LogP contribution in [0.25, 0.3) is 0 Å². The van der Waals surface area contributed by atoms with E-state index in [1.807, 2.05) is 50.2 Å². The average Bonchev–Trinajstić information content (AvgIpc) is 2.91. The number of carbonyl (C=O) groups is 2. The number of imide groups is 1. The number of rotatable bonds is 3. The summed E-state index contributed by atoms with van der Waals surface area (Å²) in [5.41, 5.74) is 2.75. The fourth-order valence-corrected chi connectivity index (χ4v) is 4.68. The van der Waals surface area contributed by atoms with Gasteiger partial charge < -0.3 is 5.11 Å². The van der Waals surface area contributed by atoms with Gasteiger partial charge in [-0.2, -0.15) is 0 Å². The standard InChI is InChI=1S/C23H23NO3/c1-4-19(25)23(3)13-17-20(16-12-14(2)10-11-18(16)23)22(27)24(21(17)26)15-8-6-5-7-9-15/h4-12,17,19-20,25H,1,13H2,2-3H3/t17-,19+,20+,23-/m1/s1. The lowest BCUT2D eigenvalue weighted by Crippen LogP contribution is -2.44. The molecule has 27 heavy (non-hydrogen) atoms. The molecule has 2 aromatic carbocycles. The Morgan fingerprint density at radius 1 is 1.19 bits per heavy atom. The van der Waals surface area contributed by atoms with Crippen LogP contribution in [0, 0.1) is 12.8 Å². The second kappa shape index (κ2) is 6.17. The highest BCUT2D eigenvalue weighted by molar-refractivity contribution is 6.24. The highest BCUT2D eigenvalue weighted by Crippen LogP contribution is 2.52. The summed E-state index contributed by atoms with van der Waals surface area (Å²) in [6.45, 7) is 7.67. The summed E-state index contributed by atoms with van der Waals surface area (Å²) in [4.78, 5) is 27.9. The number of benzene rings is 2. The van der Waals surface area contributed by atoms with Gasteiger partial charge in [-0.15, -0.1) is 6.58 Å². The smallest absolute Gasteiger partial charge is 0.242 e. The zero-order valence-corrected chi connectivity index (χ0v) is 15.6. The van der Waals surface area contributed by atoms with Gasteiger partial charge >= 0.3 is 0 Å². The molecule has 0 spiro atoms. The predicted molar refractivity (Wildman–Crippen MR) is 105 cm³/mol. The summed E-state index contributed by atoms with van der Waals surface area (Å²) >= 11 is 0. The highest BCUT2D eigenvalue weighted by Gasteiger charge is 2.56. The van der Waals surface area contributed by atoms with E-state index in [2.05, 4.69) is 6.58 Å². The second-order valence-electron chi connectivity index (χ2n) is 7.82. The molecular formula is C23H23NO3. The zero-order valence-electron chi connectivity index (χ0n) is 15.6. The summed E-state index contributed by atoms with van der Waals surface area (Å²) in [6.07, 6.45) is 1.13. The Morgan fingerprint density at radius 2 is 1.89 bits per heavy atom. The van der Waals surface area contributed by atoms with Crippen molar-refractivity contribution in [1.82, 2.24) is 0 Å². The molecule has 0 unspecified atom stereocenters. The number of para-hydroxylation sites is 1. The third-order valence-electron chi connectivity index (χ3n) is 6.12. The van der Waals surface area contributed by atoms with Crippen LogP contribution in [0.3, 0.4) is 0 Å². The van der Waals surface area contributed by atoms with Crippen LogP contribution >= 0.6 is 0 Å². The monoisotopic (exact) mass is 361 g/mol. The first-order valence-corrected chi connectivity index (χ1v) is 9.23. The van der Waals surface area contributed by atoms with Gasteiger partial charge in [-0.05, 0) is 36.6 Å². The highest BCUT2D eigenvalue weighted by atomic mass is 16.3. The minimum Gasteiger partial charge on any atom is -0.388 e. The summed E-state index contributed by atoms with van der Waals surface area (Å²) in [6, 6.07) is 15.0. The van der Waals surface area contributed by atoms with E-state index in [-0.39, 0.29) is 11.8 Å². The summed E-state index contributed by atoms with van der Waals surface area (Å²) in [5.74, 6) is -1.35. The molecule has 1 aliphatic heterocycles. The van der Waals surface area contributed by atoms with Gasteiger partial charge in [0, 0.05) is 5.41 Å². The van der Waals surface area contributed by atoms with Crippen LogP contribution in [0.4, 0.5) is 5.69 Å². The van der Waals surface area contributed by atoms with Crippen molar-refractivity contribution < 1.29 is 14.7 Å². The van der Waals surface area contributed by atoms with Crippen LogP contribution in [-0.2, 0) is 15.0 Å². The minimum absolute atomic E-state index is 0.182. The van der Waals surface area contributed by atoms with Crippen molar-refractivity contribution in [2.45, 2.75) is 37.7 Å². The Balaban J connectivity index is 1.89. The quantitative estimate of drug-likeness (QED) is 0.673. The number of amides is 2. The fraction of sp³-hybridized carbons (Fsp3) is 0.304. The first-order chi connectivity index (χ1) is 12.9. The SMILES string of the molecule is C=C[C@H](O)[C@]1(C)C[C@H]2C(=O)N(c3ccccc3)C(=O)[C@H]2c2cc(C)ccc21. The van der Waals surface area contributed by atoms with Crippen molar-refractivity contribution in [2.24, 2.45) is 5.92 Å². The third-order valence-corrected chi connectivity index (χ3v) is 6.12. The minimum atomic E-state index is -0.798. The van der Waals surface area contributed by atoms with Crippen molar-refractivity contribution in [3.8, 4) is 0 Å². The van der Waals surface area contributed by atoms with E-state index in [4.69, 9.17) is 0 Å². The Hall–Kier alpha value is -2.72. The molecule has 1 fully saturated rings. The third kappa shape index (κ3) is 2.47. The number of aryl methyl sites for hydroxylation is 1. The number of aliphatic hydroxyl groups is 1. The molecule has 4 heteroatoms. The lowest BCUT2D eigenvalue weighted by Gasteiger charge is -2.42. The Morgan fingerprint density at radius 3 is 2.56 bits per heavy atom. The largest absolute Gasteiger partial charge is 0.388 e. The van der Waals surface area contributed by atoms with Crippen LogP contribution in [0.2, 0.25) is 0 Å². The van der Waals surface area contributed by atoms with E-state index in [0.29, 0.717) is 12.1 Å². The van der Waals surface area contributed by atoms with E-state index in [9.17, 15) is 14.7 Å². The number of hydrogen-bond acceptors (Lipinski definition) is 3. The van der Waals surface area contributed by atoms with E-state index < -0.39 is 23.4 Å². The van der Waals surface area contributed by atoms with Crippen molar-refractivity contribution >= 4 is 17.5 Å². The van der Waals surface area contributed by atoms with Gasteiger partial charge in [0.25, 0.3) is 0 Å². The van der Waals surface area contributed by atoms with E-state index in [0.717, 1.165) is 16.7 Å². The van der Waals surface area contributed by atoms with E-state index in [1.165, 1.54) is 11.0 Å². The maximum Gasteiger partial charge on any atom is 0.242 e. The number of nitrogens with zero attached hydrogens (tertiary/aromatic N) is 1. The number of carbonyl (C=O) groups excluding carboxylic acids is 2. The molecule has 2 aromatic rings. The fourth-order valence-electron chi connectivity index (χ4n) is 4.68. The maximum atomic E-state index is 13.3. The van der Waals surface area contributed by atoms with Crippen LogP contribution in [-0.4, -0.2) is 23.0 Å². The number of anilines is 1. The molecule has 0 bridgehead atoms. The lowest BCUT2D eigenvalue weighted by molar-refractivity contribution is -0.122. The molecule has 0 saturated carbocycles. The van der Waals surface area contributed by atoms with Gasteiger partial charge in [0.15, 0.2) is 0 Å². The molecule has 4 nitrogen and oxygen atoms in total. The molecule has 0 radical (unpaired) electrons. The Kier molecular flexibility index (Phi) is 4.04. The summed E-state index contributed by atoms with van der Waals surface area (Å²) in [7, 11) is 0. The van der Waals surface area contributed by atoms with Crippen LogP contribution in [0.15, 0.2) is 61.2 Å². The first-order valence-electron chi connectivity index (χ1n) is 9.23. The second-order valence-corrected chi connectivity index (χ2v) is 7.82. The summed E-state index contributed by atoms with van der Waals surface area (Å²) < 4.78 is 0. The molecule has 0 aromatic heterocycles. The molecule has 138 valence electrons. The molecular weight excluding hydrogens is 338 g/mol. The molecule has 4 atom stereocenters. The Bertz CT molecular complexity index is 936. The van der Waals surface area contributed by atoms with Crippen LogP contribution < -0.4 is 4.90 Å². The average molecular weight is 361 g/mol. The molecule has 1 saturated heterocycles. The molecule has 1 N–H and O–H groups in total. The van der Waals surface area contributed by atoms with E-state index >= 15 is 0 Å². The van der Waals surface area contributed by atoms with Gasteiger partial charge in [-0.25, -0.2) is 4.90 Å². The molecule has 1 aliphatic carbocycles. The summed E-state index contributed by atoms with van der Waals surface area (Å²) in [5, 5.41) is 10.7. The molecule has 4 rings (SSSR count). The van der Waals surface area contributed by atoms with Gasteiger partial charge in [-0.1, -0.05) is 55.0 Å². The maximum absolute atomic E-state index is 13.3. The number of hydrogen-bond donors (Lipinski definition) is 1. The predicted octanol–water partition coefficient (Wildman–Crippen LogP) is 3.48. The normalized spacial score (nSPS) is 27.9. The molecule has 2 amide bonds. The van der Waals surface area contributed by atoms with Crippen molar-refractivity contribution in [2.75, 3.05) is 4.90 Å². The van der Waals surface area contributed by atoms with Gasteiger partial charge in [0.2, 0.25) is 11.8 Å². The number of fused-ring (bicyclic) bond motifs is 3. The van der Waals surface area contributed by atoms with Crippen LogP contribution in [0.1, 0.15) is 36.0 Å².